The molecule has 132 valence electrons. The molecule has 0 fully saturated rings. The highest BCUT2D eigenvalue weighted by Crippen LogP contribution is 2.24. The van der Waals surface area contributed by atoms with Gasteiger partial charge >= 0.3 is 11.0 Å². The summed E-state index contributed by atoms with van der Waals surface area (Å²) in [6.07, 6.45) is 0.788. The first-order valence-corrected chi connectivity index (χ1v) is 9.22. The van der Waals surface area contributed by atoms with E-state index in [9.17, 15) is 19.7 Å². The molecular formula is C16H16N2O5S2. The van der Waals surface area contributed by atoms with Crippen LogP contribution in [0.4, 0.5) is 5.00 Å². The Bertz CT molecular complexity index is 733. The van der Waals surface area contributed by atoms with Crippen molar-refractivity contribution in [3.05, 3.63) is 57.5 Å². The third-order valence-electron chi connectivity index (χ3n) is 2.96. The Labute approximate surface area is 152 Å². The summed E-state index contributed by atoms with van der Waals surface area (Å²) in [6.45, 7) is 0.0804. The Morgan fingerprint density at radius 2 is 1.96 bits per heavy atom. The maximum absolute atomic E-state index is 11.7. The van der Waals surface area contributed by atoms with Gasteiger partial charge in [-0.2, -0.15) is 0 Å². The number of hydrogen-bond donors (Lipinski definition) is 1. The number of nitrogens with zero attached hydrogens (tertiary/aromatic N) is 1. The molecule has 9 heteroatoms. The van der Waals surface area contributed by atoms with Gasteiger partial charge in [-0.05, 0) is 30.4 Å². The molecule has 7 nitrogen and oxygen atoms in total. The molecule has 1 heterocycles. The average Bonchev–Trinajstić information content (AvgIpc) is 3.11. The number of thioether (sulfide) groups is 1. The molecule has 0 aliphatic carbocycles. The van der Waals surface area contributed by atoms with Crippen LogP contribution in [0.5, 0.6) is 0 Å². The van der Waals surface area contributed by atoms with Crippen molar-refractivity contribution in [2.75, 3.05) is 18.9 Å². The minimum atomic E-state index is -0.743. The number of rotatable bonds is 9. The lowest BCUT2D eigenvalue weighted by atomic mass is 10.4. The summed E-state index contributed by atoms with van der Waals surface area (Å²) in [6, 6.07) is 12.5. The SMILES string of the molecule is O=C(COC(=O)c1ccc([N+](=O)[O-])s1)NCCCSc1ccccc1. The van der Waals surface area contributed by atoms with Crippen molar-refractivity contribution >= 4 is 40.0 Å². The third-order valence-corrected chi connectivity index (χ3v) is 5.08. The van der Waals surface area contributed by atoms with E-state index >= 15 is 0 Å². The van der Waals surface area contributed by atoms with Gasteiger partial charge in [-0.1, -0.05) is 29.5 Å². The van der Waals surface area contributed by atoms with E-state index in [2.05, 4.69) is 5.32 Å². The Hall–Kier alpha value is -2.39. The summed E-state index contributed by atoms with van der Waals surface area (Å²) < 4.78 is 4.84. The van der Waals surface area contributed by atoms with Crippen molar-refractivity contribution in [1.29, 1.82) is 0 Å². The number of amides is 1. The van der Waals surface area contributed by atoms with E-state index in [4.69, 9.17) is 4.74 Å². The number of benzene rings is 1. The maximum atomic E-state index is 11.7. The molecule has 0 radical (unpaired) electrons. The first-order valence-electron chi connectivity index (χ1n) is 7.42. The van der Waals surface area contributed by atoms with Crippen LogP contribution in [-0.4, -0.2) is 35.7 Å². The highest BCUT2D eigenvalue weighted by atomic mass is 32.2. The zero-order chi connectivity index (χ0) is 18.1. The zero-order valence-electron chi connectivity index (χ0n) is 13.2. The fourth-order valence-corrected chi connectivity index (χ4v) is 3.38. The fourth-order valence-electron chi connectivity index (χ4n) is 1.80. The van der Waals surface area contributed by atoms with Gasteiger partial charge in [0, 0.05) is 17.5 Å². The fraction of sp³-hybridized carbons (Fsp3) is 0.250. The van der Waals surface area contributed by atoms with Crippen LogP contribution in [0.3, 0.4) is 0 Å². The first kappa shape index (κ1) is 18.9. The first-order chi connectivity index (χ1) is 12.1. The lowest BCUT2D eigenvalue weighted by molar-refractivity contribution is -0.380. The van der Waals surface area contributed by atoms with Crippen LogP contribution in [0.1, 0.15) is 16.1 Å². The number of esters is 1. The number of nitro groups is 1. The van der Waals surface area contributed by atoms with Crippen LogP contribution in [0.25, 0.3) is 0 Å². The zero-order valence-corrected chi connectivity index (χ0v) is 14.8. The second-order valence-corrected chi connectivity index (χ2v) is 7.07. The van der Waals surface area contributed by atoms with Crippen molar-refractivity contribution < 1.29 is 19.2 Å². The van der Waals surface area contributed by atoms with Gasteiger partial charge < -0.3 is 10.1 Å². The normalized spacial score (nSPS) is 10.2. The van der Waals surface area contributed by atoms with Crippen molar-refractivity contribution in [2.24, 2.45) is 0 Å². The van der Waals surface area contributed by atoms with E-state index < -0.39 is 23.4 Å². The maximum Gasteiger partial charge on any atom is 0.349 e. The van der Waals surface area contributed by atoms with Crippen LogP contribution in [0.15, 0.2) is 47.4 Å². The Kier molecular flexibility index (Phi) is 7.42. The van der Waals surface area contributed by atoms with Gasteiger partial charge in [0.2, 0.25) is 0 Å². The monoisotopic (exact) mass is 380 g/mol. The Morgan fingerprint density at radius 3 is 2.64 bits per heavy atom. The molecule has 2 aromatic rings. The summed E-state index contributed by atoms with van der Waals surface area (Å²) >= 11 is 2.42. The molecule has 0 saturated heterocycles. The molecule has 0 saturated carbocycles. The van der Waals surface area contributed by atoms with Crippen LogP contribution in [-0.2, 0) is 9.53 Å². The van der Waals surface area contributed by atoms with E-state index in [1.165, 1.54) is 17.0 Å². The Morgan fingerprint density at radius 1 is 1.20 bits per heavy atom. The van der Waals surface area contributed by atoms with Gasteiger partial charge in [-0.25, -0.2) is 4.79 Å². The minimum absolute atomic E-state index is 0.0961. The van der Waals surface area contributed by atoms with Gasteiger partial charge in [0.15, 0.2) is 6.61 Å². The van der Waals surface area contributed by atoms with Crippen molar-refractivity contribution in [3.63, 3.8) is 0 Å². The van der Waals surface area contributed by atoms with Gasteiger partial charge in [0.05, 0.1) is 4.92 Å². The largest absolute Gasteiger partial charge is 0.451 e. The number of nitrogens with one attached hydrogen (secondary N) is 1. The quantitative estimate of drug-likeness (QED) is 0.236. The smallest absolute Gasteiger partial charge is 0.349 e. The van der Waals surface area contributed by atoms with Crippen LogP contribution >= 0.6 is 23.1 Å². The topological polar surface area (TPSA) is 98.5 Å². The number of ether oxygens (including phenoxy) is 1. The molecule has 0 atom stereocenters. The van der Waals surface area contributed by atoms with Crippen molar-refractivity contribution in [2.45, 2.75) is 11.3 Å². The van der Waals surface area contributed by atoms with E-state index in [0.29, 0.717) is 17.9 Å². The predicted molar refractivity (Wildman–Crippen MR) is 96.0 cm³/mol. The molecule has 0 unspecified atom stereocenters. The average molecular weight is 380 g/mol. The van der Waals surface area contributed by atoms with E-state index in [-0.39, 0.29) is 9.88 Å². The number of carbonyl (C=O) groups is 2. The van der Waals surface area contributed by atoms with E-state index in [1.54, 1.807) is 11.8 Å². The van der Waals surface area contributed by atoms with Gasteiger partial charge in [0.1, 0.15) is 4.88 Å². The molecule has 1 N–H and O–H groups in total. The second kappa shape index (κ2) is 9.80. The minimum Gasteiger partial charge on any atom is -0.451 e. The number of carbonyl (C=O) groups excluding carboxylic acids is 2. The highest BCUT2D eigenvalue weighted by Gasteiger charge is 2.17. The summed E-state index contributed by atoms with van der Waals surface area (Å²) in [7, 11) is 0. The molecule has 1 amide bonds. The Balaban J connectivity index is 1.60. The van der Waals surface area contributed by atoms with Gasteiger partial charge in [-0.3, -0.25) is 14.9 Å². The predicted octanol–water partition coefficient (Wildman–Crippen LogP) is 3.11. The molecule has 0 aliphatic rings. The van der Waals surface area contributed by atoms with Crippen molar-refractivity contribution in [3.8, 4) is 0 Å². The van der Waals surface area contributed by atoms with Gasteiger partial charge in [-0.15, -0.1) is 11.8 Å². The van der Waals surface area contributed by atoms with Crippen LogP contribution in [0, 0.1) is 10.1 Å². The lowest BCUT2D eigenvalue weighted by Crippen LogP contribution is -2.29. The summed E-state index contributed by atoms with van der Waals surface area (Å²) in [5.74, 6) is -0.278. The third kappa shape index (κ3) is 6.55. The molecule has 1 aromatic carbocycles. The van der Waals surface area contributed by atoms with E-state index in [0.717, 1.165) is 12.2 Å². The summed E-state index contributed by atoms with van der Waals surface area (Å²) in [5, 5.41) is 13.1. The molecule has 0 spiro atoms. The second-order valence-electron chi connectivity index (χ2n) is 4.84. The molecule has 2 rings (SSSR count). The van der Waals surface area contributed by atoms with Gasteiger partial charge in [0.25, 0.3) is 5.91 Å². The molecular weight excluding hydrogens is 364 g/mol. The molecule has 0 bridgehead atoms. The molecule has 1 aromatic heterocycles. The number of hydrogen-bond acceptors (Lipinski definition) is 7. The highest BCUT2D eigenvalue weighted by molar-refractivity contribution is 7.99. The molecule has 25 heavy (non-hydrogen) atoms. The summed E-state index contributed by atoms with van der Waals surface area (Å²) in [4.78, 5) is 34.6. The van der Waals surface area contributed by atoms with Crippen LogP contribution in [0.2, 0.25) is 0 Å². The van der Waals surface area contributed by atoms with Crippen LogP contribution < -0.4 is 5.32 Å². The van der Waals surface area contributed by atoms with Crippen molar-refractivity contribution in [1.82, 2.24) is 5.32 Å². The lowest BCUT2D eigenvalue weighted by Gasteiger charge is -2.06. The standard InChI is InChI=1S/C16H16N2O5S2/c19-14(17-9-4-10-24-12-5-2-1-3-6-12)11-23-16(20)13-7-8-15(25-13)18(21)22/h1-3,5-8H,4,9-11H2,(H,17,19). The number of thiophene rings is 1. The molecule has 0 aliphatic heterocycles. The van der Waals surface area contributed by atoms with E-state index in [1.807, 2.05) is 30.3 Å². The summed E-state index contributed by atoms with van der Waals surface area (Å²) in [5.41, 5.74) is 0.